The number of carbonyl (C=O) groups excluding carboxylic acids is 1. The molecule has 2 rings (SSSR count). The molecule has 2 N–H and O–H groups in total. The molecule has 0 aromatic heterocycles. The predicted molar refractivity (Wildman–Crippen MR) is 67.0 cm³/mol. The van der Waals surface area contributed by atoms with Gasteiger partial charge in [0, 0.05) is 19.7 Å². The van der Waals surface area contributed by atoms with Crippen LogP contribution in [0, 0.1) is 11.3 Å². The molecule has 1 saturated heterocycles. The molecule has 0 aliphatic carbocycles. The Hall–Kier alpha value is -2.06. The van der Waals surface area contributed by atoms with Crippen LogP contribution in [-0.2, 0) is 4.79 Å². The van der Waals surface area contributed by atoms with Crippen molar-refractivity contribution in [3.8, 4) is 6.07 Å². The maximum Gasteiger partial charge on any atom is 0.242 e. The lowest BCUT2D eigenvalue weighted by Crippen LogP contribution is -2.56. The number of rotatable bonds is 3. The molecule has 0 radical (unpaired) electrons. The summed E-state index contributed by atoms with van der Waals surface area (Å²) in [5.74, 6) is -0.0944. The Morgan fingerprint density at radius 3 is 3.00 bits per heavy atom. The Kier molecular flexibility index (Phi) is 3.80. The number of nitrogens with zero attached hydrogens (tertiary/aromatic N) is 2. The number of piperazine rings is 1. The fourth-order valence-electron chi connectivity index (χ4n) is 2.23. The molecule has 94 valence electrons. The smallest absolute Gasteiger partial charge is 0.242 e. The first-order valence-electron chi connectivity index (χ1n) is 5.92. The molecule has 1 aliphatic rings. The van der Waals surface area contributed by atoms with E-state index in [1.165, 1.54) is 0 Å². The fourth-order valence-corrected chi connectivity index (χ4v) is 2.23. The SMILES string of the molecule is N#Cc1ccccc1N1CCNC(=O)C1CCO. The lowest BCUT2D eigenvalue weighted by atomic mass is 10.1. The number of carbonyl (C=O) groups is 1. The summed E-state index contributed by atoms with van der Waals surface area (Å²) in [6, 6.07) is 8.94. The number of nitrogens with one attached hydrogen (secondary N) is 1. The van der Waals surface area contributed by atoms with E-state index in [0.717, 1.165) is 5.69 Å². The highest BCUT2D eigenvalue weighted by Crippen LogP contribution is 2.24. The second-order valence-corrected chi connectivity index (χ2v) is 4.14. The highest BCUT2D eigenvalue weighted by molar-refractivity contribution is 5.87. The normalized spacial score (nSPS) is 19.2. The van der Waals surface area contributed by atoms with Crippen molar-refractivity contribution in [2.45, 2.75) is 12.5 Å². The fraction of sp³-hybridized carbons (Fsp3) is 0.385. The summed E-state index contributed by atoms with van der Waals surface area (Å²) in [6.07, 6.45) is 0.367. The number of anilines is 1. The molecule has 1 aliphatic heterocycles. The second-order valence-electron chi connectivity index (χ2n) is 4.14. The van der Waals surface area contributed by atoms with Gasteiger partial charge < -0.3 is 15.3 Å². The lowest BCUT2D eigenvalue weighted by molar-refractivity contribution is -0.123. The molecule has 1 unspecified atom stereocenters. The molecule has 0 spiro atoms. The number of nitriles is 1. The summed E-state index contributed by atoms with van der Waals surface area (Å²) < 4.78 is 0. The van der Waals surface area contributed by atoms with E-state index < -0.39 is 6.04 Å². The minimum Gasteiger partial charge on any atom is -0.396 e. The van der Waals surface area contributed by atoms with Gasteiger partial charge >= 0.3 is 0 Å². The summed E-state index contributed by atoms with van der Waals surface area (Å²) in [5, 5.41) is 20.9. The molecule has 5 heteroatoms. The van der Waals surface area contributed by atoms with Crippen molar-refractivity contribution in [3.05, 3.63) is 29.8 Å². The standard InChI is InChI=1S/C13H15N3O2/c14-9-10-3-1-2-4-11(10)16-7-6-15-13(18)12(16)5-8-17/h1-4,12,17H,5-8H2,(H,15,18). The maximum absolute atomic E-state index is 11.8. The van der Waals surface area contributed by atoms with Gasteiger partial charge in [-0.1, -0.05) is 12.1 Å². The molecule has 0 saturated carbocycles. The Bertz CT molecular complexity index is 481. The monoisotopic (exact) mass is 245 g/mol. The van der Waals surface area contributed by atoms with Crippen LogP contribution in [-0.4, -0.2) is 36.8 Å². The molecule has 1 aromatic carbocycles. The number of benzene rings is 1. The van der Waals surface area contributed by atoms with Gasteiger partial charge in [-0.25, -0.2) is 0 Å². The third-order valence-corrected chi connectivity index (χ3v) is 3.07. The van der Waals surface area contributed by atoms with Gasteiger partial charge in [-0.15, -0.1) is 0 Å². The van der Waals surface area contributed by atoms with Crippen LogP contribution >= 0.6 is 0 Å². The highest BCUT2D eigenvalue weighted by atomic mass is 16.3. The van der Waals surface area contributed by atoms with Gasteiger partial charge in [-0.2, -0.15) is 5.26 Å². The number of amides is 1. The summed E-state index contributed by atoms with van der Waals surface area (Å²) in [6.45, 7) is 1.15. The van der Waals surface area contributed by atoms with E-state index in [9.17, 15) is 4.79 Å². The predicted octanol–water partition coefficient (Wildman–Crippen LogP) is 0.245. The number of aliphatic hydroxyl groups excluding tert-OH is 1. The Balaban J connectivity index is 2.34. The van der Waals surface area contributed by atoms with E-state index in [1.54, 1.807) is 12.1 Å². The van der Waals surface area contributed by atoms with Gasteiger partial charge in [0.2, 0.25) is 5.91 Å². The van der Waals surface area contributed by atoms with E-state index >= 15 is 0 Å². The van der Waals surface area contributed by atoms with Crippen LogP contribution in [0.4, 0.5) is 5.69 Å². The summed E-state index contributed by atoms with van der Waals surface area (Å²) >= 11 is 0. The molecule has 1 aromatic rings. The topological polar surface area (TPSA) is 76.4 Å². The van der Waals surface area contributed by atoms with Gasteiger partial charge in [0.05, 0.1) is 11.3 Å². The van der Waals surface area contributed by atoms with E-state index in [-0.39, 0.29) is 12.5 Å². The average molecular weight is 245 g/mol. The van der Waals surface area contributed by atoms with Gasteiger partial charge in [0.1, 0.15) is 12.1 Å². The van der Waals surface area contributed by atoms with Crippen molar-refractivity contribution in [1.82, 2.24) is 5.32 Å². The van der Waals surface area contributed by atoms with E-state index in [2.05, 4.69) is 11.4 Å². The van der Waals surface area contributed by atoms with Crippen molar-refractivity contribution < 1.29 is 9.90 Å². The second kappa shape index (κ2) is 5.52. The molecular weight excluding hydrogens is 230 g/mol. The van der Waals surface area contributed by atoms with Gasteiger partial charge in [0.15, 0.2) is 0 Å². The number of aliphatic hydroxyl groups is 1. The molecule has 0 bridgehead atoms. The quantitative estimate of drug-likeness (QED) is 0.800. The van der Waals surface area contributed by atoms with Gasteiger partial charge in [0.25, 0.3) is 0 Å². The zero-order valence-corrected chi connectivity index (χ0v) is 9.97. The van der Waals surface area contributed by atoms with Crippen LogP contribution in [0.2, 0.25) is 0 Å². The molecule has 1 amide bonds. The Morgan fingerprint density at radius 1 is 1.50 bits per heavy atom. The minimum atomic E-state index is -0.404. The summed E-state index contributed by atoms with van der Waals surface area (Å²) in [7, 11) is 0. The zero-order chi connectivity index (χ0) is 13.0. The average Bonchev–Trinajstić information content (AvgIpc) is 2.41. The van der Waals surface area contributed by atoms with Crippen molar-refractivity contribution in [1.29, 1.82) is 5.26 Å². The first kappa shape index (κ1) is 12.4. The van der Waals surface area contributed by atoms with Crippen LogP contribution in [0.1, 0.15) is 12.0 Å². The third kappa shape index (κ3) is 2.29. The van der Waals surface area contributed by atoms with Crippen molar-refractivity contribution in [2.75, 3.05) is 24.6 Å². The molecule has 18 heavy (non-hydrogen) atoms. The maximum atomic E-state index is 11.8. The molecule has 1 fully saturated rings. The molecule has 1 atom stereocenters. The number of hydrogen-bond acceptors (Lipinski definition) is 4. The first-order valence-corrected chi connectivity index (χ1v) is 5.92. The van der Waals surface area contributed by atoms with Crippen LogP contribution in [0.25, 0.3) is 0 Å². The summed E-state index contributed by atoms with van der Waals surface area (Å²) in [4.78, 5) is 13.7. The van der Waals surface area contributed by atoms with Crippen LogP contribution in [0.5, 0.6) is 0 Å². The van der Waals surface area contributed by atoms with E-state index in [0.29, 0.717) is 25.1 Å². The Labute approximate surface area is 106 Å². The third-order valence-electron chi connectivity index (χ3n) is 3.07. The van der Waals surface area contributed by atoms with E-state index in [4.69, 9.17) is 10.4 Å². The molecule has 1 heterocycles. The molecule has 5 nitrogen and oxygen atoms in total. The number of para-hydroxylation sites is 1. The largest absolute Gasteiger partial charge is 0.396 e. The number of hydrogen-bond donors (Lipinski definition) is 2. The zero-order valence-electron chi connectivity index (χ0n) is 9.97. The van der Waals surface area contributed by atoms with Crippen molar-refractivity contribution in [3.63, 3.8) is 0 Å². The van der Waals surface area contributed by atoms with Gasteiger partial charge in [-0.05, 0) is 18.6 Å². The van der Waals surface area contributed by atoms with Crippen LogP contribution in [0.3, 0.4) is 0 Å². The minimum absolute atomic E-state index is 0.0523. The summed E-state index contributed by atoms with van der Waals surface area (Å²) in [5.41, 5.74) is 1.31. The van der Waals surface area contributed by atoms with E-state index in [1.807, 2.05) is 17.0 Å². The first-order chi connectivity index (χ1) is 8.77. The molecular formula is C13H15N3O2. The van der Waals surface area contributed by atoms with Gasteiger partial charge in [-0.3, -0.25) is 4.79 Å². The Morgan fingerprint density at radius 2 is 2.28 bits per heavy atom. The highest BCUT2D eigenvalue weighted by Gasteiger charge is 2.30. The van der Waals surface area contributed by atoms with Crippen molar-refractivity contribution >= 4 is 11.6 Å². The van der Waals surface area contributed by atoms with Crippen molar-refractivity contribution in [2.24, 2.45) is 0 Å². The van der Waals surface area contributed by atoms with Crippen LogP contribution in [0.15, 0.2) is 24.3 Å². The van der Waals surface area contributed by atoms with Crippen LogP contribution < -0.4 is 10.2 Å². The lowest BCUT2D eigenvalue weighted by Gasteiger charge is -2.37.